The van der Waals surface area contributed by atoms with Crippen LogP contribution in [0.1, 0.15) is 24.3 Å². The molecule has 122 valence electrons. The zero-order valence-corrected chi connectivity index (χ0v) is 13.8. The lowest BCUT2D eigenvalue weighted by Crippen LogP contribution is -2.36. The van der Waals surface area contributed by atoms with Crippen molar-refractivity contribution in [2.24, 2.45) is 0 Å². The zero-order valence-electron chi connectivity index (χ0n) is 13.0. The summed E-state index contributed by atoms with van der Waals surface area (Å²) in [4.78, 5) is 43.3. The number of amides is 1. The largest absolute Gasteiger partial charge is 0.450 e. The minimum atomic E-state index is -0.336. The first-order valence-corrected chi connectivity index (χ1v) is 8.23. The molecule has 1 aliphatic rings. The molecule has 1 aliphatic heterocycles. The van der Waals surface area contributed by atoms with Gasteiger partial charge in [0.25, 0.3) is 5.56 Å². The molecular weight excluding hydrogens is 318 g/mol. The summed E-state index contributed by atoms with van der Waals surface area (Å²) in [7, 11) is 0. The molecule has 0 unspecified atom stereocenters. The van der Waals surface area contributed by atoms with E-state index in [0.29, 0.717) is 36.3 Å². The highest BCUT2D eigenvalue weighted by Gasteiger charge is 2.27. The van der Waals surface area contributed by atoms with Crippen molar-refractivity contribution in [1.29, 1.82) is 0 Å². The molecule has 7 nitrogen and oxygen atoms in total. The van der Waals surface area contributed by atoms with Gasteiger partial charge in [-0.25, -0.2) is 9.78 Å². The van der Waals surface area contributed by atoms with E-state index < -0.39 is 0 Å². The van der Waals surface area contributed by atoms with E-state index in [1.165, 1.54) is 29.2 Å². The van der Waals surface area contributed by atoms with Gasteiger partial charge in [0, 0.05) is 11.4 Å². The third-order valence-corrected chi connectivity index (χ3v) is 4.87. The van der Waals surface area contributed by atoms with Gasteiger partial charge >= 0.3 is 6.09 Å². The standard InChI is InChI=1S/C15H17N3O4S/c1-3-22-15(21)17-5-4-10-11(7-17)23-13-12(10)14(20)18(8-16-13)6-9(2)19/h8H,3-7H2,1-2H3. The van der Waals surface area contributed by atoms with Crippen LogP contribution in [0.4, 0.5) is 4.79 Å². The van der Waals surface area contributed by atoms with Crippen molar-refractivity contribution in [2.75, 3.05) is 13.2 Å². The van der Waals surface area contributed by atoms with Gasteiger partial charge in [-0.3, -0.25) is 14.2 Å². The average Bonchev–Trinajstić information content (AvgIpc) is 2.88. The number of carbonyl (C=O) groups is 2. The van der Waals surface area contributed by atoms with Crippen molar-refractivity contribution in [1.82, 2.24) is 14.5 Å². The van der Waals surface area contributed by atoms with Crippen molar-refractivity contribution in [3.8, 4) is 0 Å². The number of nitrogens with zero attached hydrogens (tertiary/aromatic N) is 3. The van der Waals surface area contributed by atoms with Crippen LogP contribution >= 0.6 is 11.3 Å². The number of carbonyl (C=O) groups excluding carboxylic acids is 2. The number of aromatic nitrogens is 2. The topological polar surface area (TPSA) is 81.5 Å². The molecule has 0 N–H and O–H groups in total. The first kappa shape index (κ1) is 15.7. The Morgan fingerprint density at radius 3 is 2.91 bits per heavy atom. The van der Waals surface area contributed by atoms with Crippen LogP contribution in [0.15, 0.2) is 11.1 Å². The summed E-state index contributed by atoms with van der Waals surface area (Å²) in [6, 6.07) is 0. The average molecular weight is 335 g/mol. The molecule has 1 amide bonds. The van der Waals surface area contributed by atoms with E-state index in [1.54, 1.807) is 11.8 Å². The number of hydrogen-bond donors (Lipinski definition) is 0. The monoisotopic (exact) mass is 335 g/mol. The Morgan fingerprint density at radius 2 is 2.22 bits per heavy atom. The Labute approximate surface area is 136 Å². The van der Waals surface area contributed by atoms with Crippen LogP contribution in [0.25, 0.3) is 10.2 Å². The lowest BCUT2D eigenvalue weighted by atomic mass is 10.1. The van der Waals surface area contributed by atoms with E-state index in [4.69, 9.17) is 4.74 Å². The fourth-order valence-electron chi connectivity index (χ4n) is 2.74. The third kappa shape index (κ3) is 2.86. The molecule has 8 heteroatoms. The predicted molar refractivity (Wildman–Crippen MR) is 85.7 cm³/mol. The van der Waals surface area contributed by atoms with Gasteiger partial charge in [-0.05, 0) is 25.8 Å². The van der Waals surface area contributed by atoms with Crippen LogP contribution in [-0.4, -0.2) is 39.5 Å². The quantitative estimate of drug-likeness (QED) is 0.850. The predicted octanol–water partition coefficient (Wildman–Crippen LogP) is 1.56. The lowest BCUT2D eigenvalue weighted by Gasteiger charge is -2.25. The Kier molecular flexibility index (Phi) is 4.16. The smallest absolute Gasteiger partial charge is 0.410 e. The van der Waals surface area contributed by atoms with E-state index in [9.17, 15) is 14.4 Å². The maximum atomic E-state index is 12.6. The molecule has 3 rings (SSSR count). The third-order valence-electron chi connectivity index (χ3n) is 3.75. The Balaban J connectivity index is 1.99. The van der Waals surface area contributed by atoms with Crippen LogP contribution in [0.2, 0.25) is 0 Å². The van der Waals surface area contributed by atoms with E-state index in [0.717, 1.165) is 10.4 Å². The van der Waals surface area contributed by atoms with Crippen LogP contribution in [0, 0.1) is 0 Å². The summed E-state index contributed by atoms with van der Waals surface area (Å²) in [5.74, 6) is -0.0918. The second kappa shape index (κ2) is 6.11. The highest BCUT2D eigenvalue weighted by atomic mass is 32.1. The molecule has 2 aromatic heterocycles. The minimum absolute atomic E-state index is 0.0291. The van der Waals surface area contributed by atoms with Gasteiger partial charge in [-0.1, -0.05) is 0 Å². The van der Waals surface area contributed by atoms with Crippen molar-refractivity contribution < 1.29 is 14.3 Å². The maximum absolute atomic E-state index is 12.6. The fourth-order valence-corrected chi connectivity index (χ4v) is 3.94. The number of fused-ring (bicyclic) bond motifs is 3. The van der Waals surface area contributed by atoms with Gasteiger partial charge in [0.2, 0.25) is 0 Å². The molecule has 0 aromatic carbocycles. The summed E-state index contributed by atoms with van der Waals surface area (Å²) in [5.41, 5.74) is 0.758. The van der Waals surface area contributed by atoms with Gasteiger partial charge in [0.05, 0.1) is 31.4 Å². The van der Waals surface area contributed by atoms with Crippen LogP contribution in [0.3, 0.4) is 0 Å². The van der Waals surface area contributed by atoms with Gasteiger partial charge < -0.3 is 9.64 Å². The number of thiophene rings is 1. The molecule has 23 heavy (non-hydrogen) atoms. The molecule has 0 saturated carbocycles. The number of Topliss-reactive ketones (excluding diaryl/α,β-unsaturated/α-hetero) is 1. The van der Waals surface area contributed by atoms with Crippen molar-refractivity contribution in [3.05, 3.63) is 27.1 Å². The van der Waals surface area contributed by atoms with E-state index in [-0.39, 0.29) is 24.0 Å². The lowest BCUT2D eigenvalue weighted by molar-refractivity contribution is -0.117. The Morgan fingerprint density at radius 1 is 1.43 bits per heavy atom. The number of hydrogen-bond acceptors (Lipinski definition) is 6. The van der Waals surface area contributed by atoms with E-state index in [2.05, 4.69) is 4.98 Å². The SMILES string of the molecule is CCOC(=O)N1CCc2c(sc3ncn(CC(C)=O)c(=O)c23)C1. The second-order valence-corrected chi connectivity index (χ2v) is 6.52. The van der Waals surface area contributed by atoms with Crippen LogP contribution in [0.5, 0.6) is 0 Å². The molecule has 3 heterocycles. The zero-order chi connectivity index (χ0) is 16.6. The van der Waals surface area contributed by atoms with Gasteiger partial charge in [0.1, 0.15) is 10.6 Å². The van der Waals surface area contributed by atoms with Gasteiger partial charge in [-0.15, -0.1) is 11.3 Å². The Hall–Kier alpha value is -2.22. The number of ether oxygens (including phenoxy) is 1. The molecule has 0 saturated heterocycles. The number of ketones is 1. The summed E-state index contributed by atoms with van der Waals surface area (Å²) in [6.45, 7) is 4.53. The fraction of sp³-hybridized carbons (Fsp3) is 0.467. The van der Waals surface area contributed by atoms with Crippen molar-refractivity contribution in [2.45, 2.75) is 33.4 Å². The summed E-state index contributed by atoms with van der Waals surface area (Å²) >= 11 is 1.42. The number of rotatable bonds is 3. The summed E-state index contributed by atoms with van der Waals surface area (Å²) < 4.78 is 6.37. The molecule has 0 spiro atoms. The first-order valence-electron chi connectivity index (χ1n) is 7.42. The van der Waals surface area contributed by atoms with Crippen molar-refractivity contribution in [3.63, 3.8) is 0 Å². The molecule has 0 fully saturated rings. The van der Waals surface area contributed by atoms with Crippen LogP contribution < -0.4 is 5.56 Å². The first-order chi connectivity index (χ1) is 11.0. The maximum Gasteiger partial charge on any atom is 0.410 e. The molecule has 0 radical (unpaired) electrons. The molecule has 0 aliphatic carbocycles. The molecule has 0 bridgehead atoms. The van der Waals surface area contributed by atoms with Crippen molar-refractivity contribution >= 4 is 33.4 Å². The minimum Gasteiger partial charge on any atom is -0.450 e. The van der Waals surface area contributed by atoms with Gasteiger partial charge in [-0.2, -0.15) is 0 Å². The van der Waals surface area contributed by atoms with E-state index >= 15 is 0 Å². The Bertz CT molecular complexity index is 839. The summed E-state index contributed by atoms with van der Waals surface area (Å²) in [5, 5.41) is 0.581. The molecule has 2 aromatic rings. The summed E-state index contributed by atoms with van der Waals surface area (Å²) in [6.07, 6.45) is 1.67. The normalized spacial score (nSPS) is 13.9. The molecule has 0 atom stereocenters. The highest BCUT2D eigenvalue weighted by molar-refractivity contribution is 7.18. The molecular formula is C15H17N3O4S. The highest BCUT2D eigenvalue weighted by Crippen LogP contribution is 2.32. The van der Waals surface area contributed by atoms with E-state index in [1.807, 2.05) is 0 Å². The van der Waals surface area contributed by atoms with Crippen LogP contribution in [-0.2, 0) is 29.0 Å². The van der Waals surface area contributed by atoms with Gasteiger partial charge in [0.15, 0.2) is 0 Å². The second-order valence-electron chi connectivity index (χ2n) is 5.43.